The van der Waals surface area contributed by atoms with Gasteiger partial charge in [-0.3, -0.25) is 20.4 Å². The molecule has 0 atom stereocenters. The zero-order valence-corrected chi connectivity index (χ0v) is 17.9. The van der Waals surface area contributed by atoms with Crippen molar-refractivity contribution < 1.29 is 23.8 Å². The smallest absolute Gasteiger partial charge is 0.276 e. The van der Waals surface area contributed by atoms with Crippen molar-refractivity contribution in [1.29, 1.82) is 0 Å². The maximum Gasteiger partial charge on any atom is 0.276 e. The number of para-hydroxylation sites is 2. The van der Waals surface area contributed by atoms with E-state index in [1.807, 2.05) is 37.3 Å². The molecule has 0 radical (unpaired) electrons. The van der Waals surface area contributed by atoms with Gasteiger partial charge in [-0.15, -0.1) is 0 Å². The average molecular weight is 427 g/mol. The first-order valence-corrected chi connectivity index (χ1v) is 10.8. The lowest BCUT2D eigenvalue weighted by molar-refractivity contribution is -0.130. The second-order valence-electron chi connectivity index (χ2n) is 7.44. The third kappa shape index (κ3) is 7.51. The van der Waals surface area contributed by atoms with Gasteiger partial charge in [-0.1, -0.05) is 24.3 Å². The summed E-state index contributed by atoms with van der Waals surface area (Å²) >= 11 is 0. The highest BCUT2D eigenvalue weighted by Gasteiger charge is 2.16. The van der Waals surface area contributed by atoms with Gasteiger partial charge in [0, 0.05) is 6.42 Å². The molecule has 0 spiro atoms. The van der Waals surface area contributed by atoms with Crippen LogP contribution in [-0.2, 0) is 16.0 Å². The Morgan fingerprint density at radius 1 is 0.935 bits per heavy atom. The first-order valence-electron chi connectivity index (χ1n) is 10.8. The van der Waals surface area contributed by atoms with E-state index in [1.165, 1.54) is 12.8 Å². The zero-order valence-electron chi connectivity index (χ0n) is 17.9. The van der Waals surface area contributed by atoms with E-state index in [4.69, 9.17) is 14.2 Å². The van der Waals surface area contributed by atoms with Crippen molar-refractivity contribution in [3.63, 3.8) is 0 Å². The summed E-state index contributed by atoms with van der Waals surface area (Å²) < 4.78 is 16.9. The third-order valence-corrected chi connectivity index (χ3v) is 4.99. The van der Waals surface area contributed by atoms with E-state index in [1.54, 1.807) is 18.2 Å². The number of nitrogens with one attached hydrogen (secondary N) is 2. The van der Waals surface area contributed by atoms with Crippen LogP contribution in [0, 0.1) is 0 Å². The Bertz CT molecular complexity index is 865. The number of carbonyl (C=O) groups is 2. The number of hydrazine groups is 1. The van der Waals surface area contributed by atoms with Crippen molar-refractivity contribution in [3.8, 4) is 17.2 Å². The standard InChI is InChI=1S/C24H30N2O5/c1-2-29-21-12-5-6-13-22(21)30-17-24(28)26-25-23(27)15-14-18-8-7-11-20(16-18)31-19-9-3-4-10-19/h5-8,11-13,16,19H,2-4,9-10,14-15,17H2,1H3,(H,25,27)(H,26,28). The molecule has 7 heteroatoms. The number of aryl methyl sites for hydroxylation is 1. The van der Waals surface area contributed by atoms with E-state index in [2.05, 4.69) is 10.9 Å². The molecule has 1 aliphatic carbocycles. The van der Waals surface area contributed by atoms with Gasteiger partial charge in [-0.25, -0.2) is 0 Å². The predicted octanol–water partition coefficient (Wildman–Crippen LogP) is 3.57. The van der Waals surface area contributed by atoms with Crippen LogP contribution in [0.5, 0.6) is 17.2 Å². The molecule has 0 unspecified atom stereocenters. The predicted molar refractivity (Wildman–Crippen MR) is 117 cm³/mol. The van der Waals surface area contributed by atoms with Crippen LogP contribution in [0.3, 0.4) is 0 Å². The summed E-state index contributed by atoms with van der Waals surface area (Å²) in [5.41, 5.74) is 5.81. The van der Waals surface area contributed by atoms with Crippen LogP contribution < -0.4 is 25.1 Å². The summed E-state index contributed by atoms with van der Waals surface area (Å²) in [6.07, 6.45) is 5.76. The Morgan fingerprint density at radius 3 is 2.39 bits per heavy atom. The molecule has 0 bridgehead atoms. The molecule has 31 heavy (non-hydrogen) atoms. The van der Waals surface area contributed by atoms with Gasteiger partial charge in [-0.2, -0.15) is 0 Å². The second kappa shape index (κ2) is 11.8. The molecule has 7 nitrogen and oxygen atoms in total. The van der Waals surface area contributed by atoms with Crippen LogP contribution in [0.15, 0.2) is 48.5 Å². The summed E-state index contributed by atoms with van der Waals surface area (Å²) in [5, 5.41) is 0. The molecule has 2 N–H and O–H groups in total. The van der Waals surface area contributed by atoms with Gasteiger partial charge in [-0.05, 0) is 68.9 Å². The van der Waals surface area contributed by atoms with Gasteiger partial charge in [0.05, 0.1) is 12.7 Å². The van der Waals surface area contributed by atoms with E-state index < -0.39 is 5.91 Å². The number of rotatable bonds is 10. The van der Waals surface area contributed by atoms with Crippen LogP contribution in [0.2, 0.25) is 0 Å². The third-order valence-electron chi connectivity index (χ3n) is 4.99. The van der Waals surface area contributed by atoms with E-state index in [0.29, 0.717) is 30.6 Å². The van der Waals surface area contributed by atoms with Gasteiger partial charge < -0.3 is 14.2 Å². The molecule has 0 saturated heterocycles. The zero-order chi connectivity index (χ0) is 21.9. The molecule has 0 heterocycles. The largest absolute Gasteiger partial charge is 0.490 e. The minimum atomic E-state index is -0.452. The van der Waals surface area contributed by atoms with Crippen LogP contribution >= 0.6 is 0 Å². The molecule has 1 aliphatic rings. The van der Waals surface area contributed by atoms with E-state index in [0.717, 1.165) is 24.2 Å². The van der Waals surface area contributed by atoms with E-state index in [-0.39, 0.29) is 18.9 Å². The highest BCUT2D eigenvalue weighted by atomic mass is 16.5. The van der Waals surface area contributed by atoms with Crippen LogP contribution in [0.1, 0.15) is 44.6 Å². The number of carbonyl (C=O) groups excluding carboxylic acids is 2. The highest BCUT2D eigenvalue weighted by Crippen LogP contribution is 2.26. The van der Waals surface area contributed by atoms with Crippen molar-refractivity contribution in [2.24, 2.45) is 0 Å². The van der Waals surface area contributed by atoms with Gasteiger partial charge in [0.1, 0.15) is 5.75 Å². The fourth-order valence-corrected chi connectivity index (χ4v) is 3.46. The topological polar surface area (TPSA) is 85.9 Å². The Morgan fingerprint density at radius 2 is 1.65 bits per heavy atom. The fourth-order valence-electron chi connectivity index (χ4n) is 3.46. The number of ether oxygens (including phenoxy) is 3. The SMILES string of the molecule is CCOc1ccccc1OCC(=O)NNC(=O)CCc1cccc(OC2CCCC2)c1. The average Bonchev–Trinajstić information content (AvgIpc) is 3.29. The molecule has 2 amide bonds. The Labute approximate surface area is 183 Å². The minimum Gasteiger partial charge on any atom is -0.490 e. The molecule has 2 aromatic carbocycles. The molecule has 166 valence electrons. The maximum atomic E-state index is 12.1. The quantitative estimate of drug-likeness (QED) is 0.568. The highest BCUT2D eigenvalue weighted by molar-refractivity contribution is 5.82. The van der Waals surface area contributed by atoms with Gasteiger partial charge >= 0.3 is 0 Å². The minimum absolute atomic E-state index is 0.231. The lowest BCUT2D eigenvalue weighted by Crippen LogP contribution is -2.43. The number of amides is 2. The first-order chi connectivity index (χ1) is 15.1. The first kappa shape index (κ1) is 22.5. The summed E-state index contributed by atoms with van der Waals surface area (Å²) in [7, 11) is 0. The Balaban J connectivity index is 1.37. The van der Waals surface area contributed by atoms with Crippen LogP contribution in [0.4, 0.5) is 0 Å². The summed E-state index contributed by atoms with van der Waals surface area (Å²) in [4.78, 5) is 24.0. The lowest BCUT2D eigenvalue weighted by atomic mass is 10.1. The van der Waals surface area contributed by atoms with Gasteiger partial charge in [0.15, 0.2) is 18.1 Å². The van der Waals surface area contributed by atoms with Crippen molar-refractivity contribution in [2.45, 2.75) is 51.6 Å². The number of hydrogen-bond donors (Lipinski definition) is 2. The Hall–Kier alpha value is -3.22. The summed E-state index contributed by atoms with van der Waals surface area (Å²) in [6.45, 7) is 2.14. The molecular weight excluding hydrogens is 396 g/mol. The molecule has 2 aromatic rings. The molecule has 0 aliphatic heterocycles. The van der Waals surface area contributed by atoms with Crippen LogP contribution in [0.25, 0.3) is 0 Å². The molecule has 0 aromatic heterocycles. The monoisotopic (exact) mass is 426 g/mol. The van der Waals surface area contributed by atoms with Gasteiger partial charge in [0.25, 0.3) is 5.91 Å². The maximum absolute atomic E-state index is 12.1. The van der Waals surface area contributed by atoms with Crippen molar-refractivity contribution >= 4 is 11.8 Å². The van der Waals surface area contributed by atoms with Crippen molar-refractivity contribution in [3.05, 3.63) is 54.1 Å². The van der Waals surface area contributed by atoms with Crippen molar-refractivity contribution in [2.75, 3.05) is 13.2 Å². The summed E-state index contributed by atoms with van der Waals surface area (Å²) in [5.74, 6) is 1.17. The number of hydrogen-bond acceptors (Lipinski definition) is 5. The van der Waals surface area contributed by atoms with Crippen LogP contribution in [-0.4, -0.2) is 31.1 Å². The summed E-state index contributed by atoms with van der Waals surface area (Å²) in [6, 6.07) is 15.0. The molecule has 1 saturated carbocycles. The van der Waals surface area contributed by atoms with Crippen molar-refractivity contribution in [1.82, 2.24) is 10.9 Å². The second-order valence-corrected chi connectivity index (χ2v) is 7.44. The van der Waals surface area contributed by atoms with E-state index in [9.17, 15) is 9.59 Å². The Kier molecular flexibility index (Phi) is 8.58. The molecular formula is C24H30N2O5. The number of benzene rings is 2. The normalized spacial score (nSPS) is 13.5. The fraction of sp³-hybridized carbons (Fsp3) is 0.417. The van der Waals surface area contributed by atoms with E-state index >= 15 is 0 Å². The lowest BCUT2D eigenvalue weighted by Gasteiger charge is -2.14. The molecule has 3 rings (SSSR count). The van der Waals surface area contributed by atoms with Gasteiger partial charge in [0.2, 0.25) is 5.91 Å². The molecule has 1 fully saturated rings.